The van der Waals surface area contributed by atoms with Crippen LogP contribution >= 0.6 is 0 Å². The number of nitrogens with zero attached hydrogens (tertiary/aromatic N) is 1. The Labute approximate surface area is 149 Å². The van der Waals surface area contributed by atoms with E-state index in [9.17, 15) is 24.3 Å². The van der Waals surface area contributed by atoms with Crippen LogP contribution in [0.5, 0.6) is 0 Å². The molecule has 1 rings (SSSR count). The summed E-state index contributed by atoms with van der Waals surface area (Å²) >= 11 is 0. The van der Waals surface area contributed by atoms with Crippen LogP contribution in [-0.4, -0.2) is 62.1 Å². The van der Waals surface area contributed by atoms with Gasteiger partial charge in [-0.25, -0.2) is 4.98 Å². The first-order chi connectivity index (χ1) is 12.2. The lowest BCUT2D eigenvalue weighted by molar-refractivity contribution is -0.137. The molecule has 0 aliphatic carbocycles. The SMILES string of the molecule is CC(O)C(NC(=O)C(Cc1cnc[nH]1)NC(=O)CCCC(=O)O)C(N)=O. The average molecular weight is 369 g/mol. The van der Waals surface area contributed by atoms with E-state index in [0.717, 1.165) is 0 Å². The van der Waals surface area contributed by atoms with Gasteiger partial charge in [-0.1, -0.05) is 0 Å². The Hall–Kier alpha value is -2.95. The summed E-state index contributed by atoms with van der Waals surface area (Å²) in [6.07, 6.45) is 1.60. The number of rotatable bonds is 11. The van der Waals surface area contributed by atoms with Crippen molar-refractivity contribution in [1.29, 1.82) is 0 Å². The number of aliphatic hydroxyl groups excluding tert-OH is 1. The zero-order chi connectivity index (χ0) is 19.7. The summed E-state index contributed by atoms with van der Waals surface area (Å²) in [5.41, 5.74) is 5.70. The maximum absolute atomic E-state index is 12.4. The van der Waals surface area contributed by atoms with Crippen LogP contribution in [0.3, 0.4) is 0 Å². The van der Waals surface area contributed by atoms with Crippen molar-refractivity contribution in [3.63, 3.8) is 0 Å². The highest BCUT2D eigenvalue weighted by molar-refractivity contribution is 5.92. The molecule has 11 heteroatoms. The number of nitrogens with two attached hydrogens (primary N) is 1. The Morgan fingerprint density at radius 2 is 1.96 bits per heavy atom. The first kappa shape index (κ1) is 21.1. The van der Waals surface area contributed by atoms with Crippen molar-refractivity contribution in [3.8, 4) is 0 Å². The minimum atomic E-state index is -1.31. The van der Waals surface area contributed by atoms with Crippen molar-refractivity contribution in [2.45, 2.75) is 50.8 Å². The highest BCUT2D eigenvalue weighted by Crippen LogP contribution is 2.03. The Kier molecular flexibility index (Phi) is 8.22. The third-order valence-corrected chi connectivity index (χ3v) is 3.51. The van der Waals surface area contributed by atoms with E-state index in [2.05, 4.69) is 20.6 Å². The first-order valence-corrected chi connectivity index (χ1v) is 7.97. The Morgan fingerprint density at radius 3 is 2.46 bits per heavy atom. The van der Waals surface area contributed by atoms with Crippen molar-refractivity contribution in [2.24, 2.45) is 5.73 Å². The summed E-state index contributed by atoms with van der Waals surface area (Å²) in [5, 5.41) is 22.9. The highest BCUT2D eigenvalue weighted by atomic mass is 16.4. The minimum Gasteiger partial charge on any atom is -0.481 e. The smallest absolute Gasteiger partial charge is 0.303 e. The van der Waals surface area contributed by atoms with Crippen LogP contribution < -0.4 is 16.4 Å². The molecule has 0 radical (unpaired) electrons. The predicted molar refractivity (Wildman–Crippen MR) is 88.5 cm³/mol. The number of aliphatic carboxylic acids is 1. The molecule has 7 N–H and O–H groups in total. The van der Waals surface area contributed by atoms with Crippen LogP contribution in [0, 0.1) is 0 Å². The number of hydrogen-bond donors (Lipinski definition) is 6. The Balaban J connectivity index is 2.76. The molecule has 0 aliphatic heterocycles. The second-order valence-corrected chi connectivity index (χ2v) is 5.78. The van der Waals surface area contributed by atoms with Gasteiger partial charge >= 0.3 is 5.97 Å². The molecule has 0 saturated heterocycles. The van der Waals surface area contributed by atoms with Crippen molar-refractivity contribution in [1.82, 2.24) is 20.6 Å². The summed E-state index contributed by atoms with van der Waals surface area (Å²) in [7, 11) is 0. The molecule has 0 aliphatic rings. The van der Waals surface area contributed by atoms with Crippen LogP contribution in [-0.2, 0) is 25.6 Å². The van der Waals surface area contributed by atoms with E-state index in [4.69, 9.17) is 10.8 Å². The molecule has 11 nitrogen and oxygen atoms in total. The van der Waals surface area contributed by atoms with Crippen LogP contribution in [0.2, 0.25) is 0 Å². The van der Waals surface area contributed by atoms with E-state index in [0.29, 0.717) is 5.69 Å². The number of carboxylic acid groups (broad SMARTS) is 1. The lowest BCUT2D eigenvalue weighted by Gasteiger charge is -2.23. The molecule has 1 aromatic rings. The standard InChI is InChI=1S/C15H23N5O6/c1-8(21)13(14(16)25)20-15(26)10(5-9-6-17-7-18-9)19-11(22)3-2-4-12(23)24/h6-8,10,13,21H,2-5H2,1H3,(H2,16,25)(H,17,18)(H,19,22)(H,20,26)(H,23,24). The monoisotopic (exact) mass is 369 g/mol. The zero-order valence-corrected chi connectivity index (χ0v) is 14.3. The number of amides is 3. The zero-order valence-electron chi connectivity index (χ0n) is 14.3. The fourth-order valence-corrected chi connectivity index (χ4v) is 2.18. The molecule has 0 fully saturated rings. The van der Waals surface area contributed by atoms with E-state index in [1.165, 1.54) is 19.4 Å². The van der Waals surface area contributed by atoms with Gasteiger partial charge in [0.05, 0.1) is 12.4 Å². The number of H-pyrrole nitrogens is 1. The van der Waals surface area contributed by atoms with Crippen molar-refractivity contribution in [2.75, 3.05) is 0 Å². The molecule has 3 unspecified atom stereocenters. The van der Waals surface area contributed by atoms with Gasteiger partial charge in [-0.15, -0.1) is 0 Å². The third-order valence-electron chi connectivity index (χ3n) is 3.51. The summed E-state index contributed by atoms with van der Waals surface area (Å²) in [4.78, 5) is 52.8. The summed E-state index contributed by atoms with van der Waals surface area (Å²) < 4.78 is 0. The Morgan fingerprint density at radius 1 is 1.27 bits per heavy atom. The fraction of sp³-hybridized carbons (Fsp3) is 0.533. The molecule has 3 atom stereocenters. The molecule has 1 heterocycles. The van der Waals surface area contributed by atoms with Gasteiger partial charge in [0.15, 0.2) is 0 Å². The van der Waals surface area contributed by atoms with Crippen molar-refractivity contribution < 1.29 is 29.4 Å². The number of carboxylic acids is 1. The topological polar surface area (TPSA) is 187 Å². The number of primary amides is 1. The molecule has 0 bridgehead atoms. The molecule has 1 aromatic heterocycles. The van der Waals surface area contributed by atoms with Crippen LogP contribution in [0.4, 0.5) is 0 Å². The predicted octanol–water partition coefficient (Wildman–Crippen LogP) is -1.96. The lowest BCUT2D eigenvalue weighted by atomic mass is 10.1. The van der Waals surface area contributed by atoms with Gasteiger partial charge in [-0.2, -0.15) is 0 Å². The fourth-order valence-electron chi connectivity index (χ4n) is 2.18. The van der Waals surface area contributed by atoms with Crippen LogP contribution in [0.1, 0.15) is 31.9 Å². The molecule has 144 valence electrons. The van der Waals surface area contributed by atoms with Gasteiger partial charge < -0.3 is 31.6 Å². The molecule has 0 spiro atoms. The first-order valence-electron chi connectivity index (χ1n) is 7.97. The number of carbonyl (C=O) groups is 4. The number of aromatic amines is 1. The molecule has 0 saturated carbocycles. The molecule has 26 heavy (non-hydrogen) atoms. The normalized spacial score (nSPS) is 14.1. The number of aliphatic hydroxyl groups is 1. The molecular formula is C15H23N5O6. The average Bonchev–Trinajstić information content (AvgIpc) is 3.03. The van der Waals surface area contributed by atoms with E-state index in [1.807, 2.05) is 0 Å². The van der Waals surface area contributed by atoms with Crippen LogP contribution in [0.25, 0.3) is 0 Å². The van der Waals surface area contributed by atoms with E-state index >= 15 is 0 Å². The number of hydrogen-bond acceptors (Lipinski definition) is 6. The van der Waals surface area contributed by atoms with Gasteiger partial charge in [-0.3, -0.25) is 19.2 Å². The molecule has 3 amide bonds. The van der Waals surface area contributed by atoms with E-state index < -0.39 is 41.9 Å². The number of aromatic nitrogens is 2. The van der Waals surface area contributed by atoms with E-state index in [-0.39, 0.29) is 25.7 Å². The van der Waals surface area contributed by atoms with Crippen molar-refractivity contribution in [3.05, 3.63) is 18.2 Å². The third kappa shape index (κ3) is 7.30. The maximum atomic E-state index is 12.4. The van der Waals surface area contributed by atoms with Gasteiger partial charge in [0.25, 0.3) is 0 Å². The van der Waals surface area contributed by atoms with Gasteiger partial charge in [0, 0.05) is 31.2 Å². The maximum Gasteiger partial charge on any atom is 0.303 e. The Bertz CT molecular complexity index is 630. The minimum absolute atomic E-state index is 0.0573. The van der Waals surface area contributed by atoms with Gasteiger partial charge in [0.1, 0.15) is 12.1 Å². The summed E-state index contributed by atoms with van der Waals surface area (Å²) in [6, 6.07) is -2.37. The second-order valence-electron chi connectivity index (χ2n) is 5.78. The van der Waals surface area contributed by atoms with E-state index in [1.54, 1.807) is 0 Å². The molecule has 0 aromatic carbocycles. The van der Waals surface area contributed by atoms with Crippen molar-refractivity contribution >= 4 is 23.7 Å². The molecular weight excluding hydrogens is 346 g/mol. The lowest BCUT2D eigenvalue weighted by Crippen LogP contribution is -2.56. The number of nitrogens with one attached hydrogen (secondary N) is 3. The highest BCUT2D eigenvalue weighted by Gasteiger charge is 2.28. The second kappa shape index (κ2) is 10.1. The number of imidazole rings is 1. The van der Waals surface area contributed by atoms with Crippen LogP contribution in [0.15, 0.2) is 12.5 Å². The van der Waals surface area contributed by atoms with Gasteiger partial charge in [0.2, 0.25) is 17.7 Å². The largest absolute Gasteiger partial charge is 0.481 e. The van der Waals surface area contributed by atoms with Gasteiger partial charge in [-0.05, 0) is 13.3 Å². The summed E-state index contributed by atoms with van der Waals surface area (Å²) in [6.45, 7) is 1.30. The number of carbonyl (C=O) groups excluding carboxylic acids is 3. The quantitative estimate of drug-likeness (QED) is 0.261. The summed E-state index contributed by atoms with van der Waals surface area (Å²) in [5.74, 6) is -3.17.